The standard InChI is InChI=1S/C11H15N.H3O4P/c1-3-7-11(8-4-1)12-9-5-2-6-10-12;1-5(2,3)4/h1,3-4,7-8H,2,5-6,9-10H2;(H3,1,2,3,4). The maximum atomic E-state index is 8.88. The summed E-state index contributed by atoms with van der Waals surface area (Å²) in [6.07, 6.45) is 4.12. The number of rotatable bonds is 1. The van der Waals surface area contributed by atoms with Crippen molar-refractivity contribution in [2.24, 2.45) is 0 Å². The maximum Gasteiger partial charge on any atom is 0.466 e. The van der Waals surface area contributed by atoms with Gasteiger partial charge in [0.2, 0.25) is 0 Å². The minimum Gasteiger partial charge on any atom is -0.372 e. The van der Waals surface area contributed by atoms with Crippen LogP contribution in [0.15, 0.2) is 30.3 Å². The lowest BCUT2D eigenvalue weighted by Gasteiger charge is -2.28. The molecule has 0 unspecified atom stereocenters. The number of hydrogen-bond acceptors (Lipinski definition) is 2. The highest BCUT2D eigenvalue weighted by molar-refractivity contribution is 7.45. The van der Waals surface area contributed by atoms with Crippen molar-refractivity contribution in [3.05, 3.63) is 30.3 Å². The molecule has 6 heteroatoms. The molecule has 1 saturated heterocycles. The van der Waals surface area contributed by atoms with Crippen LogP contribution < -0.4 is 4.90 Å². The molecule has 96 valence electrons. The number of piperidine rings is 1. The molecule has 1 aromatic carbocycles. The number of anilines is 1. The molecule has 0 bridgehead atoms. The minimum atomic E-state index is -4.64. The Morgan fingerprint density at radius 3 is 1.88 bits per heavy atom. The van der Waals surface area contributed by atoms with Gasteiger partial charge in [-0.05, 0) is 31.4 Å². The number of para-hydroxylation sites is 1. The lowest BCUT2D eigenvalue weighted by Crippen LogP contribution is -2.29. The van der Waals surface area contributed by atoms with E-state index in [0.717, 1.165) is 0 Å². The molecule has 1 heterocycles. The second-order valence-electron chi connectivity index (χ2n) is 3.90. The highest BCUT2D eigenvalue weighted by atomic mass is 31.2. The van der Waals surface area contributed by atoms with Crippen LogP contribution in [0, 0.1) is 0 Å². The summed E-state index contributed by atoms with van der Waals surface area (Å²) in [6, 6.07) is 10.7. The highest BCUT2D eigenvalue weighted by Crippen LogP contribution is 2.25. The summed E-state index contributed by atoms with van der Waals surface area (Å²) in [5, 5.41) is 0. The molecule has 0 amide bonds. The van der Waals surface area contributed by atoms with E-state index in [1.54, 1.807) is 0 Å². The summed E-state index contributed by atoms with van der Waals surface area (Å²) in [7, 11) is -4.64. The molecule has 1 aliphatic rings. The predicted molar refractivity (Wildman–Crippen MR) is 66.8 cm³/mol. The van der Waals surface area contributed by atoms with Crippen LogP contribution in [0.3, 0.4) is 0 Å². The first-order valence-electron chi connectivity index (χ1n) is 5.55. The molecule has 5 nitrogen and oxygen atoms in total. The van der Waals surface area contributed by atoms with E-state index in [1.165, 1.54) is 38.0 Å². The third-order valence-electron chi connectivity index (χ3n) is 2.48. The van der Waals surface area contributed by atoms with E-state index in [4.69, 9.17) is 19.2 Å². The van der Waals surface area contributed by atoms with Crippen LogP contribution in [0.4, 0.5) is 5.69 Å². The van der Waals surface area contributed by atoms with Gasteiger partial charge in [-0.2, -0.15) is 0 Å². The zero-order valence-electron chi connectivity index (χ0n) is 9.57. The van der Waals surface area contributed by atoms with E-state index < -0.39 is 7.82 Å². The Labute approximate surface area is 101 Å². The van der Waals surface area contributed by atoms with Crippen molar-refractivity contribution in [2.45, 2.75) is 19.3 Å². The Hall–Kier alpha value is -0.870. The fourth-order valence-electron chi connectivity index (χ4n) is 1.79. The molecular weight excluding hydrogens is 241 g/mol. The van der Waals surface area contributed by atoms with Gasteiger partial charge in [0, 0.05) is 18.8 Å². The van der Waals surface area contributed by atoms with Crippen molar-refractivity contribution in [3.63, 3.8) is 0 Å². The van der Waals surface area contributed by atoms with Gasteiger partial charge in [0.1, 0.15) is 0 Å². The summed E-state index contributed by atoms with van der Waals surface area (Å²) in [4.78, 5) is 24.0. The van der Waals surface area contributed by atoms with E-state index in [2.05, 4.69) is 35.2 Å². The first-order valence-corrected chi connectivity index (χ1v) is 7.11. The normalized spacial score (nSPS) is 16.1. The van der Waals surface area contributed by atoms with Crippen LogP contribution in [0.5, 0.6) is 0 Å². The van der Waals surface area contributed by atoms with Gasteiger partial charge in [0.15, 0.2) is 0 Å². The summed E-state index contributed by atoms with van der Waals surface area (Å²) < 4.78 is 8.88. The zero-order valence-corrected chi connectivity index (χ0v) is 10.5. The van der Waals surface area contributed by atoms with Crippen LogP contribution >= 0.6 is 7.82 Å². The fourth-order valence-corrected chi connectivity index (χ4v) is 1.79. The topological polar surface area (TPSA) is 81.0 Å². The fraction of sp³-hybridized carbons (Fsp3) is 0.455. The second kappa shape index (κ2) is 6.77. The van der Waals surface area contributed by atoms with Gasteiger partial charge in [-0.1, -0.05) is 18.2 Å². The van der Waals surface area contributed by atoms with Crippen molar-refractivity contribution >= 4 is 13.5 Å². The van der Waals surface area contributed by atoms with E-state index in [-0.39, 0.29) is 0 Å². The molecule has 17 heavy (non-hydrogen) atoms. The average Bonchev–Trinajstić information content (AvgIpc) is 2.29. The van der Waals surface area contributed by atoms with Gasteiger partial charge >= 0.3 is 7.82 Å². The number of hydrogen-bond donors (Lipinski definition) is 3. The Balaban J connectivity index is 0.000000249. The average molecular weight is 259 g/mol. The quantitative estimate of drug-likeness (QED) is 0.669. The van der Waals surface area contributed by atoms with Crippen molar-refractivity contribution in [2.75, 3.05) is 18.0 Å². The number of nitrogens with zero attached hydrogens (tertiary/aromatic N) is 1. The minimum absolute atomic E-state index is 1.24. The molecule has 1 fully saturated rings. The lowest BCUT2D eigenvalue weighted by molar-refractivity contribution is 0.275. The molecule has 3 N–H and O–H groups in total. The summed E-state index contributed by atoms with van der Waals surface area (Å²) in [5.41, 5.74) is 1.39. The van der Waals surface area contributed by atoms with Crippen molar-refractivity contribution in [1.29, 1.82) is 0 Å². The van der Waals surface area contributed by atoms with E-state index >= 15 is 0 Å². The van der Waals surface area contributed by atoms with E-state index in [1.807, 2.05) is 0 Å². The second-order valence-corrected chi connectivity index (χ2v) is 4.92. The first kappa shape index (κ1) is 14.2. The smallest absolute Gasteiger partial charge is 0.372 e. The summed E-state index contributed by atoms with van der Waals surface area (Å²) in [6.45, 7) is 2.48. The van der Waals surface area contributed by atoms with Crippen molar-refractivity contribution < 1.29 is 19.2 Å². The monoisotopic (exact) mass is 259 g/mol. The molecule has 0 saturated carbocycles. The van der Waals surface area contributed by atoms with Crippen molar-refractivity contribution in [1.82, 2.24) is 0 Å². The van der Waals surface area contributed by atoms with E-state index in [9.17, 15) is 0 Å². The molecule has 0 radical (unpaired) electrons. The van der Waals surface area contributed by atoms with Crippen LogP contribution in [0.25, 0.3) is 0 Å². The molecule has 1 aromatic rings. The highest BCUT2D eigenvalue weighted by Gasteiger charge is 2.09. The molecular formula is C11H18NO4P. The largest absolute Gasteiger partial charge is 0.466 e. The van der Waals surface area contributed by atoms with Gasteiger partial charge in [0.25, 0.3) is 0 Å². The third kappa shape index (κ3) is 7.13. The third-order valence-corrected chi connectivity index (χ3v) is 2.48. The Morgan fingerprint density at radius 2 is 1.41 bits per heavy atom. The van der Waals surface area contributed by atoms with Gasteiger partial charge < -0.3 is 19.6 Å². The molecule has 0 aliphatic carbocycles. The number of phosphoric acid groups is 1. The van der Waals surface area contributed by atoms with Crippen LogP contribution in [-0.2, 0) is 4.57 Å². The molecule has 0 atom stereocenters. The summed E-state index contributed by atoms with van der Waals surface area (Å²) >= 11 is 0. The van der Waals surface area contributed by atoms with Gasteiger partial charge in [-0.15, -0.1) is 0 Å². The van der Waals surface area contributed by atoms with Crippen LogP contribution in [-0.4, -0.2) is 27.8 Å². The Morgan fingerprint density at radius 1 is 0.941 bits per heavy atom. The summed E-state index contributed by atoms with van der Waals surface area (Å²) in [5.74, 6) is 0. The zero-order chi connectivity index (χ0) is 12.7. The molecule has 0 spiro atoms. The van der Waals surface area contributed by atoms with Gasteiger partial charge in [-0.3, -0.25) is 0 Å². The SMILES string of the molecule is O=P(O)(O)O.c1ccc(N2CCCCC2)cc1. The molecule has 2 rings (SSSR count). The maximum absolute atomic E-state index is 8.88. The van der Waals surface area contributed by atoms with Crippen molar-refractivity contribution in [3.8, 4) is 0 Å². The van der Waals surface area contributed by atoms with E-state index in [0.29, 0.717) is 0 Å². The van der Waals surface area contributed by atoms with Crippen LogP contribution in [0.1, 0.15) is 19.3 Å². The molecule has 1 aliphatic heterocycles. The van der Waals surface area contributed by atoms with Gasteiger partial charge in [0.05, 0.1) is 0 Å². The molecule has 0 aromatic heterocycles. The Bertz CT molecular complexity index is 351. The lowest BCUT2D eigenvalue weighted by atomic mass is 10.1. The predicted octanol–water partition coefficient (Wildman–Crippen LogP) is 1.75. The first-order chi connectivity index (χ1) is 7.97. The van der Waals surface area contributed by atoms with Crippen LogP contribution in [0.2, 0.25) is 0 Å². The Kier molecular flexibility index (Phi) is 5.65. The van der Waals surface area contributed by atoms with Gasteiger partial charge in [-0.25, -0.2) is 4.57 Å². The number of benzene rings is 1.